The fourth-order valence-electron chi connectivity index (χ4n) is 5.70. The van der Waals surface area contributed by atoms with Gasteiger partial charge in [-0.1, -0.05) is 35.5 Å². The fraction of sp³-hybridized carbons (Fsp3) is 0.438. The summed E-state index contributed by atoms with van der Waals surface area (Å²) in [5.74, 6) is 1.64. The Morgan fingerprint density at radius 3 is 2.44 bits per heavy atom. The summed E-state index contributed by atoms with van der Waals surface area (Å²) in [6.07, 6.45) is 2.00. The van der Waals surface area contributed by atoms with E-state index < -0.39 is 0 Å². The van der Waals surface area contributed by atoms with E-state index in [1.807, 2.05) is 43.3 Å². The van der Waals surface area contributed by atoms with Gasteiger partial charge in [-0.15, -0.1) is 0 Å². The van der Waals surface area contributed by atoms with E-state index in [1.165, 1.54) is 5.56 Å². The second-order valence-corrected chi connectivity index (χ2v) is 11.5. The van der Waals surface area contributed by atoms with Gasteiger partial charge in [0.1, 0.15) is 11.2 Å². The van der Waals surface area contributed by atoms with E-state index in [4.69, 9.17) is 19.2 Å². The molecule has 0 bridgehead atoms. The second-order valence-electron chi connectivity index (χ2n) is 11.5. The van der Waals surface area contributed by atoms with Gasteiger partial charge in [0.25, 0.3) is 0 Å². The van der Waals surface area contributed by atoms with Gasteiger partial charge in [-0.05, 0) is 69.9 Å². The number of nitrogens with zero attached hydrogens (tertiary/aromatic N) is 6. The lowest BCUT2D eigenvalue weighted by atomic mass is 9.92. The summed E-state index contributed by atoms with van der Waals surface area (Å²) in [6.45, 7) is 7.04. The number of rotatable bonds is 9. The van der Waals surface area contributed by atoms with Crippen LogP contribution < -0.4 is 15.5 Å². The number of urea groups is 1. The Morgan fingerprint density at radius 2 is 1.72 bits per heavy atom. The molecule has 11 heteroatoms. The number of hydrogen-bond acceptors (Lipinski definition) is 9. The highest BCUT2D eigenvalue weighted by atomic mass is 16.5. The van der Waals surface area contributed by atoms with Gasteiger partial charge in [-0.25, -0.2) is 14.8 Å². The maximum Gasteiger partial charge on any atom is 0.319 e. The zero-order chi connectivity index (χ0) is 29.6. The molecule has 2 aliphatic heterocycles. The van der Waals surface area contributed by atoms with Crippen LogP contribution in [-0.2, 0) is 11.3 Å². The number of anilines is 2. The Labute approximate surface area is 252 Å². The van der Waals surface area contributed by atoms with Gasteiger partial charge in [0.15, 0.2) is 11.6 Å². The minimum absolute atomic E-state index is 0.231. The number of likely N-dealkylation sites (N-methyl/N-ethyl adjacent to an activating group) is 1. The van der Waals surface area contributed by atoms with Crippen LogP contribution in [0.15, 0.2) is 59.1 Å². The molecule has 2 aliphatic rings. The molecule has 2 amide bonds. The predicted molar refractivity (Wildman–Crippen MR) is 167 cm³/mol. The van der Waals surface area contributed by atoms with Crippen molar-refractivity contribution in [1.82, 2.24) is 30.2 Å². The Balaban J connectivity index is 1.22. The SMILES string of the molecule is CN(C)CCNC(=O)Nc1ccc(-c2nc(N3CCOCC3)c3onc(C4CCN(Cc5ccccc5)CC4)c3n2)cc1. The molecule has 2 N–H and O–H groups in total. The highest BCUT2D eigenvalue weighted by Crippen LogP contribution is 2.36. The standard InChI is InChI=1S/C32H40N8O3/c1-38(2)17-14-33-32(41)34-26-10-8-25(9-11-26)30-35-28-27(37-43-29(28)31(36-30)40-18-20-42-21-19-40)24-12-15-39(16-13-24)22-23-6-4-3-5-7-23/h3-11,24H,12-22H2,1-2H3,(H2,33,34,41). The summed E-state index contributed by atoms with van der Waals surface area (Å²) < 4.78 is 11.6. The van der Waals surface area contributed by atoms with Crippen molar-refractivity contribution in [2.45, 2.75) is 25.3 Å². The van der Waals surface area contributed by atoms with Crippen LogP contribution in [0.3, 0.4) is 0 Å². The van der Waals surface area contributed by atoms with Crippen LogP contribution in [0.2, 0.25) is 0 Å². The quantitative estimate of drug-likeness (QED) is 0.299. The predicted octanol–water partition coefficient (Wildman–Crippen LogP) is 4.18. The van der Waals surface area contributed by atoms with E-state index in [1.54, 1.807) is 0 Å². The van der Waals surface area contributed by atoms with Crippen LogP contribution in [0, 0.1) is 0 Å². The van der Waals surface area contributed by atoms with Crippen LogP contribution in [0.25, 0.3) is 22.5 Å². The molecule has 0 radical (unpaired) electrons. The van der Waals surface area contributed by atoms with Gasteiger partial charge in [0.05, 0.1) is 13.2 Å². The molecule has 0 aliphatic carbocycles. The maximum absolute atomic E-state index is 12.3. The van der Waals surface area contributed by atoms with Crippen molar-refractivity contribution in [2.24, 2.45) is 0 Å². The van der Waals surface area contributed by atoms with E-state index in [2.05, 4.69) is 55.9 Å². The van der Waals surface area contributed by atoms with Crippen LogP contribution in [0.4, 0.5) is 16.3 Å². The van der Waals surface area contributed by atoms with E-state index in [-0.39, 0.29) is 11.9 Å². The van der Waals surface area contributed by atoms with E-state index in [9.17, 15) is 4.79 Å². The third kappa shape index (κ3) is 7.12. The minimum Gasteiger partial charge on any atom is -0.378 e. The molecule has 11 nitrogen and oxygen atoms in total. The smallest absolute Gasteiger partial charge is 0.319 e. The largest absolute Gasteiger partial charge is 0.378 e. The summed E-state index contributed by atoms with van der Waals surface area (Å²) in [5.41, 5.74) is 5.25. The van der Waals surface area contributed by atoms with Gasteiger partial charge >= 0.3 is 6.03 Å². The topological polar surface area (TPSA) is 112 Å². The number of amides is 2. The number of piperidine rings is 1. The highest BCUT2D eigenvalue weighted by Gasteiger charge is 2.29. The average molecular weight is 585 g/mol. The normalized spacial score (nSPS) is 16.6. The molecule has 0 unspecified atom stereocenters. The molecule has 0 saturated carbocycles. The Kier molecular flexibility index (Phi) is 9.11. The van der Waals surface area contributed by atoms with Crippen molar-refractivity contribution in [3.8, 4) is 11.4 Å². The number of nitrogens with one attached hydrogen (secondary N) is 2. The number of aromatic nitrogens is 3. The first-order valence-corrected chi connectivity index (χ1v) is 15.1. The molecule has 6 rings (SSSR count). The van der Waals surface area contributed by atoms with Crippen LogP contribution in [-0.4, -0.2) is 97.5 Å². The number of carbonyl (C=O) groups excluding carboxylic acids is 1. The van der Waals surface area contributed by atoms with Crippen molar-refractivity contribution in [1.29, 1.82) is 0 Å². The zero-order valence-electron chi connectivity index (χ0n) is 25.0. The molecule has 4 heterocycles. The van der Waals surface area contributed by atoms with E-state index >= 15 is 0 Å². The molecular weight excluding hydrogens is 544 g/mol. The number of likely N-dealkylation sites (tertiary alicyclic amines) is 1. The number of benzene rings is 2. The number of ether oxygens (including phenoxy) is 1. The second kappa shape index (κ2) is 13.5. The summed E-state index contributed by atoms with van der Waals surface area (Å²) in [6, 6.07) is 18.0. The summed E-state index contributed by atoms with van der Waals surface area (Å²) in [5, 5.41) is 10.4. The molecule has 0 atom stereocenters. The summed E-state index contributed by atoms with van der Waals surface area (Å²) >= 11 is 0. The number of carbonyl (C=O) groups is 1. The first kappa shape index (κ1) is 29.0. The Hall–Kier alpha value is -4.06. The highest BCUT2D eigenvalue weighted by molar-refractivity contribution is 5.90. The maximum atomic E-state index is 12.3. The van der Waals surface area contributed by atoms with Crippen LogP contribution in [0.5, 0.6) is 0 Å². The number of morpholine rings is 1. The molecule has 0 spiro atoms. The molecule has 2 saturated heterocycles. The molecule has 2 aromatic carbocycles. The lowest BCUT2D eigenvalue weighted by Gasteiger charge is -2.31. The first-order valence-electron chi connectivity index (χ1n) is 15.1. The molecule has 43 heavy (non-hydrogen) atoms. The fourth-order valence-corrected chi connectivity index (χ4v) is 5.70. The minimum atomic E-state index is -0.231. The summed E-state index contributed by atoms with van der Waals surface area (Å²) in [7, 11) is 3.95. The van der Waals surface area contributed by atoms with Gasteiger partial charge in [-0.2, -0.15) is 0 Å². The monoisotopic (exact) mass is 584 g/mol. The molecule has 2 fully saturated rings. The van der Waals surface area contributed by atoms with Crippen molar-refractivity contribution >= 4 is 28.6 Å². The van der Waals surface area contributed by atoms with Crippen LogP contribution >= 0.6 is 0 Å². The van der Waals surface area contributed by atoms with E-state index in [0.29, 0.717) is 36.9 Å². The van der Waals surface area contributed by atoms with Crippen molar-refractivity contribution in [2.75, 3.05) is 76.8 Å². The Morgan fingerprint density at radius 1 is 0.977 bits per heavy atom. The molecule has 226 valence electrons. The van der Waals surface area contributed by atoms with Crippen molar-refractivity contribution in [3.05, 3.63) is 65.9 Å². The molecule has 2 aromatic heterocycles. The average Bonchev–Trinajstić information content (AvgIpc) is 3.46. The van der Waals surface area contributed by atoms with Gasteiger partial charge in [-0.3, -0.25) is 4.90 Å². The van der Waals surface area contributed by atoms with Gasteiger partial charge < -0.3 is 29.7 Å². The van der Waals surface area contributed by atoms with Crippen LogP contribution in [0.1, 0.15) is 30.0 Å². The van der Waals surface area contributed by atoms with Gasteiger partial charge in [0.2, 0.25) is 5.58 Å². The summed E-state index contributed by atoms with van der Waals surface area (Å²) in [4.78, 5) is 29.0. The third-order valence-corrected chi connectivity index (χ3v) is 8.11. The number of fused-ring (bicyclic) bond motifs is 1. The zero-order valence-corrected chi connectivity index (χ0v) is 25.0. The molecular formula is C32H40N8O3. The molecule has 4 aromatic rings. The van der Waals surface area contributed by atoms with Gasteiger partial charge in [0, 0.05) is 49.9 Å². The van der Waals surface area contributed by atoms with Crippen molar-refractivity contribution < 1.29 is 14.1 Å². The first-order chi connectivity index (χ1) is 21.0. The lowest BCUT2D eigenvalue weighted by Crippen LogP contribution is -2.37. The van der Waals surface area contributed by atoms with E-state index in [0.717, 1.165) is 74.7 Å². The third-order valence-electron chi connectivity index (χ3n) is 8.11. The van der Waals surface area contributed by atoms with Crippen molar-refractivity contribution in [3.63, 3.8) is 0 Å². The lowest BCUT2D eigenvalue weighted by molar-refractivity contribution is 0.122. The Bertz CT molecular complexity index is 1490. The number of hydrogen-bond donors (Lipinski definition) is 2.